The van der Waals surface area contributed by atoms with Crippen molar-refractivity contribution in [3.63, 3.8) is 0 Å². The van der Waals surface area contributed by atoms with Crippen LogP contribution >= 0.6 is 12.2 Å². The number of carbonyl (C=O) groups excluding carboxylic acids is 1. The predicted molar refractivity (Wildman–Crippen MR) is 102 cm³/mol. The standard InChI is InChI=1S/C17H21FN6O2S/c1-22-7-8-23(6-5-16(22)25)15-4-3-13(9-14(15)18)24-11-12(20-21-24)10-19-17(27)26-2/h3-4,9,11H,5-8,10H2,1-2H3,(H,19,27). The fourth-order valence-electron chi connectivity index (χ4n) is 2.80. The first kappa shape index (κ1) is 19.0. The molecule has 8 nitrogen and oxygen atoms in total. The van der Waals surface area contributed by atoms with Crippen molar-refractivity contribution in [3.8, 4) is 5.69 Å². The molecule has 1 aliphatic rings. The normalized spacial score (nSPS) is 14.9. The zero-order valence-corrected chi connectivity index (χ0v) is 16.0. The third-order valence-corrected chi connectivity index (χ3v) is 4.71. The summed E-state index contributed by atoms with van der Waals surface area (Å²) in [5, 5.41) is 11.2. The number of nitrogens with one attached hydrogen (secondary N) is 1. The highest BCUT2D eigenvalue weighted by Gasteiger charge is 2.20. The first-order chi connectivity index (χ1) is 13.0. The number of anilines is 1. The second-order valence-corrected chi connectivity index (χ2v) is 6.56. The molecule has 1 N–H and O–H groups in total. The summed E-state index contributed by atoms with van der Waals surface area (Å²) in [6.45, 7) is 2.03. The van der Waals surface area contributed by atoms with E-state index in [0.29, 0.717) is 49.7 Å². The van der Waals surface area contributed by atoms with E-state index in [4.69, 9.17) is 17.0 Å². The third-order valence-electron chi connectivity index (χ3n) is 4.40. The summed E-state index contributed by atoms with van der Waals surface area (Å²) in [7, 11) is 3.25. The van der Waals surface area contributed by atoms with Crippen LogP contribution in [0.2, 0.25) is 0 Å². The van der Waals surface area contributed by atoms with Crippen molar-refractivity contribution in [1.82, 2.24) is 25.2 Å². The van der Waals surface area contributed by atoms with Crippen molar-refractivity contribution in [1.29, 1.82) is 0 Å². The molecule has 0 spiro atoms. The first-order valence-electron chi connectivity index (χ1n) is 8.50. The van der Waals surface area contributed by atoms with E-state index in [-0.39, 0.29) is 16.9 Å². The van der Waals surface area contributed by atoms with Gasteiger partial charge in [-0.3, -0.25) is 4.79 Å². The molecule has 2 heterocycles. The van der Waals surface area contributed by atoms with Gasteiger partial charge in [-0.25, -0.2) is 9.07 Å². The first-order valence-corrected chi connectivity index (χ1v) is 8.90. The molecule has 1 fully saturated rings. The van der Waals surface area contributed by atoms with Crippen LogP contribution in [0.15, 0.2) is 24.4 Å². The highest BCUT2D eigenvalue weighted by Crippen LogP contribution is 2.23. The number of rotatable bonds is 4. The summed E-state index contributed by atoms with van der Waals surface area (Å²) < 4.78 is 21.1. The zero-order valence-electron chi connectivity index (χ0n) is 15.2. The van der Waals surface area contributed by atoms with Gasteiger partial charge >= 0.3 is 0 Å². The van der Waals surface area contributed by atoms with Crippen molar-refractivity contribution in [2.45, 2.75) is 13.0 Å². The second kappa shape index (κ2) is 8.30. The van der Waals surface area contributed by atoms with Gasteiger partial charge in [0.1, 0.15) is 11.5 Å². The number of amides is 1. The Morgan fingerprint density at radius 3 is 2.93 bits per heavy atom. The summed E-state index contributed by atoms with van der Waals surface area (Å²) >= 11 is 4.91. The van der Waals surface area contributed by atoms with Crippen molar-refractivity contribution < 1.29 is 13.9 Å². The SMILES string of the molecule is COC(=S)NCc1cn(-c2ccc(N3CCC(=O)N(C)CC3)c(F)c2)nn1. The van der Waals surface area contributed by atoms with Crippen LogP contribution in [0.25, 0.3) is 5.69 Å². The van der Waals surface area contributed by atoms with E-state index < -0.39 is 0 Å². The quantitative estimate of drug-likeness (QED) is 0.781. The number of methoxy groups -OCH3 is 1. The Morgan fingerprint density at radius 2 is 2.19 bits per heavy atom. The summed E-state index contributed by atoms with van der Waals surface area (Å²) in [4.78, 5) is 15.4. The molecule has 1 aromatic carbocycles. The maximum absolute atomic E-state index is 14.7. The number of hydrogen-bond acceptors (Lipinski definition) is 6. The minimum atomic E-state index is -0.361. The minimum absolute atomic E-state index is 0.0752. The largest absolute Gasteiger partial charge is 0.474 e. The topological polar surface area (TPSA) is 75.5 Å². The van der Waals surface area contributed by atoms with Gasteiger partial charge in [0.05, 0.1) is 31.2 Å². The number of thiocarbonyl (C=S) groups is 1. The second-order valence-electron chi connectivity index (χ2n) is 6.19. The van der Waals surface area contributed by atoms with E-state index in [1.54, 1.807) is 30.3 Å². The maximum atomic E-state index is 14.7. The Hall–Kier alpha value is -2.75. The van der Waals surface area contributed by atoms with E-state index in [9.17, 15) is 9.18 Å². The smallest absolute Gasteiger partial charge is 0.256 e. The van der Waals surface area contributed by atoms with Crippen LogP contribution in [0.4, 0.5) is 10.1 Å². The van der Waals surface area contributed by atoms with Crippen LogP contribution in [0.3, 0.4) is 0 Å². The zero-order chi connectivity index (χ0) is 19.4. The van der Waals surface area contributed by atoms with E-state index in [2.05, 4.69) is 15.6 Å². The average molecular weight is 392 g/mol. The molecule has 3 rings (SSSR count). The predicted octanol–water partition coefficient (Wildman–Crippen LogP) is 1.10. The molecule has 0 bridgehead atoms. The van der Waals surface area contributed by atoms with Crippen LogP contribution in [0.5, 0.6) is 0 Å². The summed E-state index contributed by atoms with van der Waals surface area (Å²) in [5.74, 6) is -0.286. The Balaban J connectivity index is 1.72. The number of nitrogens with zero attached hydrogens (tertiary/aromatic N) is 5. The van der Waals surface area contributed by atoms with Gasteiger partial charge in [0.2, 0.25) is 5.91 Å². The highest BCUT2D eigenvalue weighted by molar-refractivity contribution is 7.80. The number of halogens is 1. The molecule has 1 amide bonds. The van der Waals surface area contributed by atoms with Crippen molar-refractivity contribution in [3.05, 3.63) is 35.9 Å². The van der Waals surface area contributed by atoms with E-state index in [1.165, 1.54) is 17.9 Å². The van der Waals surface area contributed by atoms with E-state index in [0.717, 1.165) is 0 Å². The lowest BCUT2D eigenvalue weighted by atomic mass is 10.2. The molecular weight excluding hydrogens is 371 g/mol. The lowest BCUT2D eigenvalue weighted by molar-refractivity contribution is -0.129. The van der Waals surface area contributed by atoms with Gasteiger partial charge in [0.25, 0.3) is 5.17 Å². The molecule has 1 aliphatic heterocycles. The number of likely N-dealkylation sites (N-methyl/N-ethyl adjacent to an activating group) is 1. The molecule has 144 valence electrons. The average Bonchev–Trinajstić information content (AvgIpc) is 3.08. The number of aromatic nitrogens is 3. The van der Waals surface area contributed by atoms with Gasteiger partial charge in [-0.1, -0.05) is 5.21 Å². The Labute approximate surface area is 161 Å². The fraction of sp³-hybridized carbons (Fsp3) is 0.412. The lowest BCUT2D eigenvalue weighted by Gasteiger charge is -2.23. The van der Waals surface area contributed by atoms with E-state index >= 15 is 0 Å². The fourth-order valence-corrected chi connectivity index (χ4v) is 2.88. The Bertz CT molecular complexity index is 843. The maximum Gasteiger partial charge on any atom is 0.256 e. The molecular formula is C17H21FN6O2S. The van der Waals surface area contributed by atoms with Gasteiger partial charge in [-0.2, -0.15) is 0 Å². The molecule has 27 heavy (non-hydrogen) atoms. The molecule has 0 radical (unpaired) electrons. The van der Waals surface area contributed by atoms with Crippen LogP contribution in [-0.4, -0.2) is 64.8 Å². The Kier molecular flexibility index (Phi) is 5.84. The molecule has 0 unspecified atom stereocenters. The van der Waals surface area contributed by atoms with Crippen LogP contribution in [0, 0.1) is 5.82 Å². The molecule has 0 saturated carbocycles. The van der Waals surface area contributed by atoms with Gasteiger partial charge in [-0.05, 0) is 24.4 Å². The summed E-state index contributed by atoms with van der Waals surface area (Å²) in [6, 6.07) is 4.90. The van der Waals surface area contributed by atoms with Gasteiger partial charge in [0.15, 0.2) is 0 Å². The number of carbonyl (C=O) groups is 1. The number of ether oxygens (including phenoxy) is 1. The number of hydrogen-bond donors (Lipinski definition) is 1. The molecule has 1 saturated heterocycles. The van der Waals surface area contributed by atoms with Crippen molar-refractivity contribution >= 4 is 29.0 Å². The number of benzene rings is 1. The Morgan fingerprint density at radius 1 is 1.37 bits per heavy atom. The minimum Gasteiger partial charge on any atom is -0.474 e. The summed E-state index contributed by atoms with van der Waals surface area (Å²) in [6.07, 6.45) is 2.07. The lowest BCUT2D eigenvalue weighted by Crippen LogP contribution is -2.30. The molecule has 2 aromatic rings. The van der Waals surface area contributed by atoms with Crippen LogP contribution in [-0.2, 0) is 16.1 Å². The highest BCUT2D eigenvalue weighted by atomic mass is 32.1. The van der Waals surface area contributed by atoms with Gasteiger partial charge in [-0.15, -0.1) is 5.10 Å². The molecule has 0 atom stereocenters. The van der Waals surface area contributed by atoms with Crippen molar-refractivity contribution in [2.75, 3.05) is 38.7 Å². The summed E-state index contributed by atoms with van der Waals surface area (Å²) in [5.41, 5.74) is 1.69. The third kappa shape index (κ3) is 4.51. The van der Waals surface area contributed by atoms with Crippen LogP contribution in [0.1, 0.15) is 12.1 Å². The molecule has 1 aromatic heterocycles. The molecule has 10 heteroatoms. The van der Waals surface area contributed by atoms with Gasteiger partial charge < -0.3 is 19.9 Å². The van der Waals surface area contributed by atoms with Gasteiger partial charge in [0, 0.05) is 39.2 Å². The molecule has 0 aliphatic carbocycles. The monoisotopic (exact) mass is 392 g/mol. The van der Waals surface area contributed by atoms with Crippen LogP contribution < -0.4 is 10.2 Å². The van der Waals surface area contributed by atoms with Crippen molar-refractivity contribution in [2.24, 2.45) is 0 Å². The van der Waals surface area contributed by atoms with E-state index in [1.807, 2.05) is 4.90 Å².